The number of rotatable bonds is 4. The number of aliphatic carboxylic acids is 1. The first-order valence-corrected chi connectivity index (χ1v) is 5.61. The highest BCUT2D eigenvalue weighted by atomic mass is 32.1. The molecule has 2 N–H and O–H groups in total. The van der Waals surface area contributed by atoms with Crippen LogP contribution in [0.1, 0.15) is 38.4 Å². The lowest BCUT2D eigenvalue weighted by atomic mass is 10.1. The van der Waals surface area contributed by atoms with Gasteiger partial charge in [-0.15, -0.1) is 0 Å². The Kier molecular flexibility index (Phi) is 2.38. The first kappa shape index (κ1) is 10.4. The van der Waals surface area contributed by atoms with E-state index >= 15 is 0 Å². The SMILES string of the molecule is CC(C)(Nc1nc(C2CC2)ns1)C(=O)O. The molecule has 0 aliphatic heterocycles. The molecule has 0 aromatic carbocycles. The van der Waals surface area contributed by atoms with E-state index in [0.29, 0.717) is 11.0 Å². The van der Waals surface area contributed by atoms with E-state index in [2.05, 4.69) is 14.7 Å². The first-order valence-electron chi connectivity index (χ1n) is 4.84. The minimum absolute atomic E-state index is 0.504. The van der Waals surface area contributed by atoms with Crippen LogP contribution in [0.2, 0.25) is 0 Å². The Morgan fingerprint density at radius 3 is 2.80 bits per heavy atom. The zero-order valence-corrected chi connectivity index (χ0v) is 9.47. The maximum atomic E-state index is 10.9. The van der Waals surface area contributed by atoms with Crippen molar-refractivity contribution in [2.24, 2.45) is 0 Å². The molecule has 1 aliphatic rings. The van der Waals surface area contributed by atoms with Gasteiger partial charge in [-0.3, -0.25) is 0 Å². The summed E-state index contributed by atoms with van der Waals surface area (Å²) in [7, 11) is 0. The van der Waals surface area contributed by atoms with Gasteiger partial charge < -0.3 is 10.4 Å². The summed E-state index contributed by atoms with van der Waals surface area (Å²) in [5, 5.41) is 12.4. The van der Waals surface area contributed by atoms with Crippen molar-refractivity contribution >= 4 is 22.6 Å². The zero-order chi connectivity index (χ0) is 11.1. The molecule has 0 radical (unpaired) electrons. The average Bonchev–Trinajstić information content (AvgIpc) is 2.88. The summed E-state index contributed by atoms with van der Waals surface area (Å²) in [6, 6.07) is 0. The molecule has 15 heavy (non-hydrogen) atoms. The second-order valence-electron chi connectivity index (χ2n) is 4.29. The van der Waals surface area contributed by atoms with Crippen LogP contribution in [0.15, 0.2) is 0 Å². The van der Waals surface area contributed by atoms with Crippen molar-refractivity contribution in [3.05, 3.63) is 5.82 Å². The molecular weight excluding hydrogens is 214 g/mol. The number of nitrogens with one attached hydrogen (secondary N) is 1. The number of carbonyl (C=O) groups is 1. The molecule has 0 saturated heterocycles. The van der Waals surface area contributed by atoms with Gasteiger partial charge in [0, 0.05) is 17.5 Å². The largest absolute Gasteiger partial charge is 0.480 e. The smallest absolute Gasteiger partial charge is 0.328 e. The van der Waals surface area contributed by atoms with Gasteiger partial charge in [0.1, 0.15) is 11.4 Å². The lowest BCUT2D eigenvalue weighted by Crippen LogP contribution is -2.39. The Morgan fingerprint density at radius 2 is 2.27 bits per heavy atom. The number of nitrogens with zero attached hydrogens (tertiary/aromatic N) is 2. The van der Waals surface area contributed by atoms with Crippen molar-refractivity contribution in [2.75, 3.05) is 5.32 Å². The number of hydrogen-bond donors (Lipinski definition) is 2. The summed E-state index contributed by atoms with van der Waals surface area (Å²) in [4.78, 5) is 15.1. The molecule has 1 aromatic heterocycles. The lowest BCUT2D eigenvalue weighted by molar-refractivity contribution is -0.141. The van der Waals surface area contributed by atoms with Crippen LogP contribution in [0.4, 0.5) is 5.13 Å². The molecule has 0 unspecified atom stereocenters. The molecule has 5 nitrogen and oxygen atoms in total. The van der Waals surface area contributed by atoms with Crippen molar-refractivity contribution in [1.82, 2.24) is 9.36 Å². The highest BCUT2D eigenvalue weighted by molar-refractivity contribution is 7.09. The maximum Gasteiger partial charge on any atom is 0.328 e. The molecule has 1 aromatic rings. The van der Waals surface area contributed by atoms with Gasteiger partial charge in [-0.25, -0.2) is 9.78 Å². The van der Waals surface area contributed by atoms with E-state index < -0.39 is 11.5 Å². The number of hydrogen-bond acceptors (Lipinski definition) is 5. The summed E-state index contributed by atoms with van der Waals surface area (Å²) >= 11 is 1.23. The maximum absolute atomic E-state index is 10.9. The molecule has 0 spiro atoms. The predicted molar refractivity (Wildman–Crippen MR) is 57.2 cm³/mol. The quantitative estimate of drug-likeness (QED) is 0.818. The summed E-state index contributed by atoms with van der Waals surface area (Å²) in [5.74, 6) is 0.458. The molecule has 1 heterocycles. The second-order valence-corrected chi connectivity index (χ2v) is 5.04. The van der Waals surface area contributed by atoms with Gasteiger partial charge in [0.25, 0.3) is 0 Å². The molecule has 6 heteroatoms. The Labute approximate surface area is 91.7 Å². The first-order chi connectivity index (χ1) is 6.99. The standard InChI is InChI=1S/C9H13N3O2S/c1-9(2,7(13)14)11-8-10-6(12-15-8)5-3-4-5/h5H,3-4H2,1-2H3,(H,13,14)(H,10,11,12). The fourth-order valence-electron chi connectivity index (χ4n) is 1.11. The second kappa shape index (κ2) is 3.44. The van der Waals surface area contributed by atoms with E-state index in [4.69, 9.17) is 5.11 Å². The van der Waals surface area contributed by atoms with Crippen LogP contribution < -0.4 is 5.32 Å². The highest BCUT2D eigenvalue weighted by Crippen LogP contribution is 2.39. The average molecular weight is 227 g/mol. The van der Waals surface area contributed by atoms with Crippen LogP contribution in [0.25, 0.3) is 0 Å². The van der Waals surface area contributed by atoms with Crippen molar-refractivity contribution in [2.45, 2.75) is 38.1 Å². The molecular formula is C9H13N3O2S. The number of carboxylic acid groups (broad SMARTS) is 1. The minimum atomic E-state index is -1.000. The summed E-state index contributed by atoms with van der Waals surface area (Å²) in [6.07, 6.45) is 2.30. The van der Waals surface area contributed by atoms with Crippen LogP contribution in [0.3, 0.4) is 0 Å². The third-order valence-corrected chi connectivity index (χ3v) is 2.98. The zero-order valence-electron chi connectivity index (χ0n) is 8.65. The van der Waals surface area contributed by atoms with Crippen LogP contribution >= 0.6 is 11.5 Å². The minimum Gasteiger partial charge on any atom is -0.480 e. The van der Waals surface area contributed by atoms with E-state index in [-0.39, 0.29) is 0 Å². The van der Waals surface area contributed by atoms with Gasteiger partial charge >= 0.3 is 5.97 Å². The van der Waals surface area contributed by atoms with E-state index in [1.54, 1.807) is 13.8 Å². The van der Waals surface area contributed by atoms with Gasteiger partial charge in [-0.1, -0.05) is 0 Å². The Hall–Kier alpha value is -1.17. The third-order valence-electron chi connectivity index (χ3n) is 2.34. The predicted octanol–water partition coefficient (Wildman–Crippen LogP) is 1.69. The monoisotopic (exact) mass is 227 g/mol. The molecule has 0 bridgehead atoms. The fourth-order valence-corrected chi connectivity index (χ4v) is 1.92. The van der Waals surface area contributed by atoms with Gasteiger partial charge in [-0.05, 0) is 26.7 Å². The van der Waals surface area contributed by atoms with Crippen molar-refractivity contribution in [1.29, 1.82) is 0 Å². The molecule has 1 saturated carbocycles. The lowest BCUT2D eigenvalue weighted by Gasteiger charge is -2.19. The van der Waals surface area contributed by atoms with Gasteiger partial charge in [0.15, 0.2) is 0 Å². The van der Waals surface area contributed by atoms with E-state index in [9.17, 15) is 4.79 Å². The highest BCUT2D eigenvalue weighted by Gasteiger charge is 2.31. The normalized spacial score (nSPS) is 16.4. The van der Waals surface area contributed by atoms with Gasteiger partial charge in [0.2, 0.25) is 5.13 Å². The summed E-state index contributed by atoms with van der Waals surface area (Å²) in [6.45, 7) is 3.21. The number of carboxylic acids is 1. The number of anilines is 1. The van der Waals surface area contributed by atoms with E-state index in [1.165, 1.54) is 11.5 Å². The van der Waals surface area contributed by atoms with E-state index in [0.717, 1.165) is 18.7 Å². The third kappa shape index (κ3) is 2.26. The molecule has 0 amide bonds. The molecule has 2 rings (SSSR count). The molecule has 82 valence electrons. The molecule has 1 aliphatic carbocycles. The van der Waals surface area contributed by atoms with Crippen molar-refractivity contribution < 1.29 is 9.90 Å². The van der Waals surface area contributed by atoms with E-state index in [1.807, 2.05) is 0 Å². The van der Waals surface area contributed by atoms with Crippen LogP contribution in [0, 0.1) is 0 Å². The number of aromatic nitrogens is 2. The van der Waals surface area contributed by atoms with Crippen molar-refractivity contribution in [3.63, 3.8) is 0 Å². The van der Waals surface area contributed by atoms with Gasteiger partial charge in [-0.2, -0.15) is 4.37 Å². The summed E-state index contributed by atoms with van der Waals surface area (Å²) in [5.41, 5.74) is -1.000. The van der Waals surface area contributed by atoms with Crippen molar-refractivity contribution in [3.8, 4) is 0 Å². The summed E-state index contributed by atoms with van der Waals surface area (Å²) < 4.78 is 4.20. The van der Waals surface area contributed by atoms with Gasteiger partial charge in [0.05, 0.1) is 0 Å². The topological polar surface area (TPSA) is 75.1 Å². The van der Waals surface area contributed by atoms with Crippen LogP contribution in [-0.4, -0.2) is 26.0 Å². The fraction of sp³-hybridized carbons (Fsp3) is 0.667. The Morgan fingerprint density at radius 1 is 1.60 bits per heavy atom. The molecule has 0 atom stereocenters. The van der Waals surface area contributed by atoms with Crippen LogP contribution in [0.5, 0.6) is 0 Å². The molecule has 1 fully saturated rings. The van der Waals surface area contributed by atoms with Crippen LogP contribution in [-0.2, 0) is 4.79 Å². The Bertz CT molecular complexity index is 384. The Balaban J connectivity index is 2.06.